The summed E-state index contributed by atoms with van der Waals surface area (Å²) in [5, 5.41) is 11.5. The van der Waals surface area contributed by atoms with Gasteiger partial charge < -0.3 is 19.9 Å². The first kappa shape index (κ1) is 19.0. The average molecular weight is 390 g/mol. The van der Waals surface area contributed by atoms with E-state index in [1.54, 1.807) is 13.3 Å². The number of hydrogen-bond donors (Lipinski definition) is 1. The van der Waals surface area contributed by atoms with Crippen LogP contribution >= 0.6 is 0 Å². The highest BCUT2D eigenvalue weighted by atomic mass is 16.5. The Hall–Kier alpha value is -3.35. The summed E-state index contributed by atoms with van der Waals surface area (Å²) < 4.78 is 5.19. The number of anilines is 3. The zero-order chi connectivity index (χ0) is 20.1. The summed E-state index contributed by atoms with van der Waals surface area (Å²) in [4.78, 5) is 9.34. The molecule has 1 fully saturated rings. The van der Waals surface area contributed by atoms with Crippen LogP contribution in [0.5, 0.6) is 5.75 Å². The summed E-state index contributed by atoms with van der Waals surface area (Å²) in [5.41, 5.74) is 3.70. The third-order valence-electron chi connectivity index (χ3n) is 5.13. The van der Waals surface area contributed by atoms with Gasteiger partial charge in [-0.25, -0.2) is 0 Å². The highest BCUT2D eigenvalue weighted by Crippen LogP contribution is 2.20. The van der Waals surface area contributed by atoms with Crippen LogP contribution in [0, 0.1) is 6.92 Å². The van der Waals surface area contributed by atoms with Gasteiger partial charge in [-0.3, -0.25) is 0 Å². The number of ether oxygens (including phenoxy) is 1. The third kappa shape index (κ3) is 4.74. The summed E-state index contributed by atoms with van der Waals surface area (Å²) in [5.74, 6) is 2.25. The molecule has 0 spiro atoms. The maximum absolute atomic E-state index is 5.19. The lowest BCUT2D eigenvalue weighted by molar-refractivity contribution is 0.414. The van der Waals surface area contributed by atoms with Gasteiger partial charge in [0.15, 0.2) is 5.82 Å². The lowest BCUT2D eigenvalue weighted by Crippen LogP contribution is -2.47. The van der Waals surface area contributed by atoms with Crippen LogP contribution in [-0.4, -0.2) is 48.5 Å². The van der Waals surface area contributed by atoms with Crippen LogP contribution < -0.4 is 19.9 Å². The molecule has 0 atom stereocenters. The maximum atomic E-state index is 5.19. The van der Waals surface area contributed by atoms with Crippen molar-refractivity contribution in [1.82, 2.24) is 15.2 Å². The molecule has 1 N–H and O–H groups in total. The van der Waals surface area contributed by atoms with Gasteiger partial charge in [-0.1, -0.05) is 24.3 Å². The lowest BCUT2D eigenvalue weighted by atomic mass is 10.2. The second-order valence-corrected chi connectivity index (χ2v) is 7.15. The molecule has 0 bridgehead atoms. The van der Waals surface area contributed by atoms with E-state index in [9.17, 15) is 0 Å². The molecule has 2 heterocycles. The minimum absolute atomic E-state index is 0.541. The summed E-state index contributed by atoms with van der Waals surface area (Å²) in [6, 6.07) is 16.6. The fraction of sp³-hybridized carbons (Fsp3) is 0.318. The van der Waals surface area contributed by atoms with E-state index in [-0.39, 0.29) is 0 Å². The minimum Gasteiger partial charge on any atom is -0.497 e. The van der Waals surface area contributed by atoms with Crippen LogP contribution in [0.4, 0.5) is 17.5 Å². The lowest BCUT2D eigenvalue weighted by Gasteiger charge is -2.36. The zero-order valence-corrected chi connectivity index (χ0v) is 16.9. The largest absolute Gasteiger partial charge is 0.497 e. The van der Waals surface area contributed by atoms with Crippen molar-refractivity contribution in [2.24, 2.45) is 0 Å². The number of aromatic nitrogens is 3. The van der Waals surface area contributed by atoms with Crippen molar-refractivity contribution < 1.29 is 4.74 Å². The summed E-state index contributed by atoms with van der Waals surface area (Å²) in [7, 11) is 1.67. The molecule has 150 valence electrons. The molecule has 0 unspecified atom stereocenters. The van der Waals surface area contributed by atoms with Gasteiger partial charge in [-0.15, -0.1) is 5.10 Å². The molecule has 4 rings (SSSR count). The summed E-state index contributed by atoms with van der Waals surface area (Å²) in [6.45, 7) is 6.50. The number of aryl methyl sites for hydroxylation is 1. The molecule has 1 aliphatic heterocycles. The summed E-state index contributed by atoms with van der Waals surface area (Å²) in [6.07, 6.45) is 1.74. The van der Waals surface area contributed by atoms with E-state index in [1.165, 1.54) is 11.3 Å². The molecule has 2 aromatic carbocycles. The SMILES string of the molecule is COc1ccc(CNc2nncc(N3CCN(c4cccc(C)c4)CC3)n2)cc1. The number of benzene rings is 2. The Morgan fingerprint density at radius 3 is 2.48 bits per heavy atom. The molecular weight excluding hydrogens is 364 g/mol. The Labute approximate surface area is 171 Å². The van der Waals surface area contributed by atoms with Gasteiger partial charge in [0.05, 0.1) is 13.3 Å². The normalized spacial score (nSPS) is 14.0. The fourth-order valence-corrected chi connectivity index (χ4v) is 3.47. The van der Waals surface area contributed by atoms with E-state index in [0.717, 1.165) is 43.3 Å². The highest BCUT2D eigenvalue weighted by Gasteiger charge is 2.19. The molecule has 0 saturated carbocycles. The van der Waals surface area contributed by atoms with Crippen LogP contribution in [0.3, 0.4) is 0 Å². The smallest absolute Gasteiger partial charge is 0.244 e. The fourth-order valence-electron chi connectivity index (χ4n) is 3.47. The number of hydrogen-bond acceptors (Lipinski definition) is 7. The van der Waals surface area contributed by atoms with Crippen molar-refractivity contribution in [2.45, 2.75) is 13.5 Å². The van der Waals surface area contributed by atoms with Gasteiger partial charge in [0.2, 0.25) is 5.95 Å². The minimum atomic E-state index is 0.541. The van der Waals surface area contributed by atoms with E-state index in [4.69, 9.17) is 4.74 Å². The van der Waals surface area contributed by atoms with Crippen LogP contribution in [0.25, 0.3) is 0 Å². The van der Waals surface area contributed by atoms with Crippen molar-refractivity contribution in [2.75, 3.05) is 48.4 Å². The monoisotopic (exact) mass is 390 g/mol. The van der Waals surface area contributed by atoms with Crippen LogP contribution in [0.2, 0.25) is 0 Å². The first-order valence-corrected chi connectivity index (χ1v) is 9.84. The van der Waals surface area contributed by atoms with Gasteiger partial charge in [-0.2, -0.15) is 10.1 Å². The number of nitrogens with zero attached hydrogens (tertiary/aromatic N) is 5. The van der Waals surface area contributed by atoms with Crippen molar-refractivity contribution in [3.63, 3.8) is 0 Å². The number of methoxy groups -OCH3 is 1. The van der Waals surface area contributed by atoms with Gasteiger partial charge in [0.1, 0.15) is 5.75 Å². The maximum Gasteiger partial charge on any atom is 0.244 e. The number of rotatable bonds is 6. The number of nitrogens with one attached hydrogen (secondary N) is 1. The molecule has 29 heavy (non-hydrogen) atoms. The Balaban J connectivity index is 1.35. The summed E-state index contributed by atoms with van der Waals surface area (Å²) >= 11 is 0. The molecule has 7 nitrogen and oxygen atoms in total. The van der Waals surface area contributed by atoms with E-state index >= 15 is 0 Å². The molecule has 0 aliphatic carbocycles. The zero-order valence-electron chi connectivity index (χ0n) is 16.9. The number of piperazine rings is 1. The second kappa shape index (κ2) is 8.77. The van der Waals surface area contributed by atoms with E-state index in [2.05, 4.69) is 61.5 Å². The Bertz CT molecular complexity index is 938. The Kier molecular flexibility index (Phi) is 5.74. The molecule has 1 aliphatic rings. The van der Waals surface area contributed by atoms with Crippen LogP contribution in [0.1, 0.15) is 11.1 Å². The molecule has 3 aromatic rings. The molecule has 0 amide bonds. The predicted octanol–water partition coefficient (Wildman–Crippen LogP) is 3.13. The van der Waals surface area contributed by atoms with E-state index in [1.807, 2.05) is 24.3 Å². The third-order valence-corrected chi connectivity index (χ3v) is 5.13. The Morgan fingerprint density at radius 1 is 1.00 bits per heavy atom. The first-order chi connectivity index (χ1) is 14.2. The van der Waals surface area contributed by atoms with Gasteiger partial charge in [0.25, 0.3) is 0 Å². The van der Waals surface area contributed by atoms with Crippen LogP contribution in [-0.2, 0) is 6.54 Å². The van der Waals surface area contributed by atoms with Crippen molar-refractivity contribution in [3.8, 4) is 5.75 Å². The predicted molar refractivity (Wildman–Crippen MR) is 116 cm³/mol. The quantitative estimate of drug-likeness (QED) is 0.694. The molecule has 0 radical (unpaired) electrons. The van der Waals surface area contributed by atoms with Crippen molar-refractivity contribution in [3.05, 3.63) is 65.9 Å². The first-order valence-electron chi connectivity index (χ1n) is 9.84. The standard InChI is InChI=1S/C22H26N6O/c1-17-4-3-5-19(14-17)27-10-12-28(13-11-27)21-16-24-26-22(25-21)23-15-18-6-8-20(29-2)9-7-18/h3-9,14,16H,10-13,15H2,1-2H3,(H,23,25,26). The van der Waals surface area contributed by atoms with E-state index < -0.39 is 0 Å². The van der Waals surface area contributed by atoms with E-state index in [0.29, 0.717) is 12.5 Å². The molecule has 1 saturated heterocycles. The second-order valence-electron chi connectivity index (χ2n) is 7.15. The van der Waals surface area contributed by atoms with Gasteiger partial charge >= 0.3 is 0 Å². The topological polar surface area (TPSA) is 66.4 Å². The van der Waals surface area contributed by atoms with Gasteiger partial charge in [0, 0.05) is 38.4 Å². The molecular formula is C22H26N6O. The van der Waals surface area contributed by atoms with Crippen LogP contribution in [0.15, 0.2) is 54.7 Å². The Morgan fingerprint density at radius 2 is 1.76 bits per heavy atom. The molecule has 7 heteroatoms. The highest BCUT2D eigenvalue weighted by molar-refractivity contribution is 5.51. The average Bonchev–Trinajstić information content (AvgIpc) is 2.78. The van der Waals surface area contributed by atoms with Crippen molar-refractivity contribution >= 4 is 17.5 Å². The van der Waals surface area contributed by atoms with Gasteiger partial charge in [-0.05, 0) is 42.3 Å². The molecule has 1 aromatic heterocycles. The van der Waals surface area contributed by atoms with Crippen molar-refractivity contribution in [1.29, 1.82) is 0 Å².